The maximum Gasteiger partial charge on any atom is 0.0379 e. The number of hydrogen-bond acceptors (Lipinski definition) is 2. The molecule has 2 aromatic rings. The molecule has 136 valence electrons. The van der Waals surface area contributed by atoms with Gasteiger partial charge in [0.15, 0.2) is 0 Å². The maximum absolute atomic E-state index is 6.35. The lowest BCUT2D eigenvalue weighted by Gasteiger charge is -2.30. The van der Waals surface area contributed by atoms with Crippen LogP contribution in [0.25, 0.3) is 0 Å². The summed E-state index contributed by atoms with van der Waals surface area (Å²) in [4.78, 5) is 0. The Bertz CT molecular complexity index is 643. The molecule has 0 aliphatic rings. The quantitative estimate of drug-likeness (QED) is 0.690. The van der Waals surface area contributed by atoms with Gasteiger partial charge < -0.3 is 11.5 Å². The van der Waals surface area contributed by atoms with Gasteiger partial charge in [0.05, 0.1) is 0 Å². The Morgan fingerprint density at radius 1 is 0.600 bits per heavy atom. The van der Waals surface area contributed by atoms with Crippen LogP contribution in [0.15, 0.2) is 24.3 Å². The van der Waals surface area contributed by atoms with E-state index in [9.17, 15) is 0 Å². The molecule has 0 saturated carbocycles. The summed E-state index contributed by atoms with van der Waals surface area (Å²) in [5.74, 6) is 0. The van der Waals surface area contributed by atoms with Crippen molar-refractivity contribution in [1.29, 1.82) is 0 Å². The second-order valence-electron chi connectivity index (χ2n) is 7.46. The third kappa shape index (κ3) is 3.53. The van der Waals surface area contributed by atoms with E-state index < -0.39 is 0 Å². The Morgan fingerprint density at radius 3 is 1.04 bits per heavy atom. The molecule has 0 bridgehead atoms. The molecular formula is C23H34N2. The van der Waals surface area contributed by atoms with Gasteiger partial charge >= 0.3 is 0 Å². The fraction of sp³-hybridized carbons (Fsp3) is 0.478. The first-order valence-electron chi connectivity index (χ1n) is 9.63. The average Bonchev–Trinajstić information content (AvgIpc) is 2.61. The molecular weight excluding hydrogens is 304 g/mol. The van der Waals surface area contributed by atoms with E-state index in [1.54, 1.807) is 0 Å². The van der Waals surface area contributed by atoms with Crippen LogP contribution in [0.2, 0.25) is 0 Å². The minimum atomic E-state index is -0.0803. The van der Waals surface area contributed by atoms with Crippen molar-refractivity contribution in [2.75, 3.05) is 11.5 Å². The lowest BCUT2D eigenvalue weighted by atomic mass is 9.75. The first-order chi connectivity index (χ1) is 11.8. The van der Waals surface area contributed by atoms with Crippen molar-refractivity contribution in [3.63, 3.8) is 0 Å². The van der Waals surface area contributed by atoms with Gasteiger partial charge in [-0.3, -0.25) is 0 Å². The van der Waals surface area contributed by atoms with Crippen molar-refractivity contribution in [3.8, 4) is 0 Å². The summed E-state index contributed by atoms with van der Waals surface area (Å²) >= 11 is 0. The van der Waals surface area contributed by atoms with Crippen molar-refractivity contribution in [2.45, 2.75) is 72.6 Å². The Hall–Kier alpha value is -1.96. The van der Waals surface area contributed by atoms with Crippen LogP contribution in [0.4, 0.5) is 11.4 Å². The summed E-state index contributed by atoms with van der Waals surface area (Å²) in [7, 11) is 0. The highest BCUT2D eigenvalue weighted by Gasteiger charge is 2.26. The Kier molecular flexibility index (Phi) is 5.82. The van der Waals surface area contributed by atoms with E-state index in [4.69, 9.17) is 11.5 Å². The number of benzene rings is 2. The van der Waals surface area contributed by atoms with Gasteiger partial charge in [0.25, 0.3) is 0 Å². The van der Waals surface area contributed by atoms with Crippen LogP contribution in [0, 0.1) is 0 Å². The second kappa shape index (κ2) is 7.51. The molecule has 0 spiro atoms. The third-order valence-electron chi connectivity index (χ3n) is 5.67. The highest BCUT2D eigenvalue weighted by Crippen LogP contribution is 2.37. The highest BCUT2D eigenvalue weighted by molar-refractivity contribution is 5.61. The molecule has 0 atom stereocenters. The molecule has 0 aromatic heterocycles. The zero-order valence-electron chi connectivity index (χ0n) is 16.8. The minimum absolute atomic E-state index is 0.0803. The third-order valence-corrected chi connectivity index (χ3v) is 5.67. The van der Waals surface area contributed by atoms with Crippen LogP contribution in [0.5, 0.6) is 0 Å². The molecule has 0 heterocycles. The molecule has 2 aromatic carbocycles. The van der Waals surface area contributed by atoms with Gasteiger partial charge in [-0.25, -0.2) is 0 Å². The second-order valence-corrected chi connectivity index (χ2v) is 7.46. The molecule has 25 heavy (non-hydrogen) atoms. The van der Waals surface area contributed by atoms with E-state index in [2.05, 4.69) is 65.8 Å². The Labute approximate surface area is 153 Å². The highest BCUT2D eigenvalue weighted by atomic mass is 14.6. The lowest BCUT2D eigenvalue weighted by Crippen LogP contribution is -2.21. The first-order valence-corrected chi connectivity index (χ1v) is 9.63. The van der Waals surface area contributed by atoms with Crippen molar-refractivity contribution in [2.24, 2.45) is 0 Å². The minimum Gasteiger partial charge on any atom is -0.398 e. The van der Waals surface area contributed by atoms with E-state index in [0.717, 1.165) is 37.1 Å². The SMILES string of the molecule is CCc1cc(C(C)(C)c2cc(CC)c(N)c(CC)c2)cc(CC)c1N. The average molecular weight is 339 g/mol. The van der Waals surface area contributed by atoms with Crippen LogP contribution in [-0.4, -0.2) is 0 Å². The summed E-state index contributed by atoms with van der Waals surface area (Å²) in [5, 5.41) is 0. The van der Waals surface area contributed by atoms with Gasteiger partial charge in [-0.05, 0) is 59.1 Å². The molecule has 0 aliphatic heterocycles. The van der Waals surface area contributed by atoms with Gasteiger partial charge in [-0.15, -0.1) is 0 Å². The molecule has 0 radical (unpaired) electrons. The van der Waals surface area contributed by atoms with E-state index >= 15 is 0 Å². The summed E-state index contributed by atoms with van der Waals surface area (Å²) in [6, 6.07) is 9.17. The standard InChI is InChI=1S/C23H34N2/c1-7-15-11-19(12-16(8-2)21(15)24)23(5,6)20-13-17(9-3)22(25)18(10-4)14-20/h11-14H,7-10,24-25H2,1-6H3. The number of nitrogens with two attached hydrogens (primary N) is 2. The molecule has 2 nitrogen and oxygen atoms in total. The predicted octanol–water partition coefficient (Wildman–Crippen LogP) is 5.43. The zero-order chi connectivity index (χ0) is 18.8. The largest absolute Gasteiger partial charge is 0.398 e. The van der Waals surface area contributed by atoms with E-state index in [1.165, 1.54) is 33.4 Å². The summed E-state index contributed by atoms with van der Waals surface area (Å²) < 4.78 is 0. The van der Waals surface area contributed by atoms with Crippen molar-refractivity contribution < 1.29 is 0 Å². The zero-order valence-corrected chi connectivity index (χ0v) is 16.8. The summed E-state index contributed by atoms with van der Waals surface area (Å²) in [5.41, 5.74) is 22.2. The van der Waals surface area contributed by atoms with E-state index in [1.807, 2.05) is 0 Å². The van der Waals surface area contributed by atoms with Gasteiger partial charge in [-0.1, -0.05) is 65.8 Å². The normalized spacial score (nSPS) is 11.8. The van der Waals surface area contributed by atoms with Crippen molar-refractivity contribution in [1.82, 2.24) is 0 Å². The molecule has 2 heteroatoms. The van der Waals surface area contributed by atoms with Gasteiger partial charge in [0, 0.05) is 16.8 Å². The van der Waals surface area contributed by atoms with Crippen molar-refractivity contribution in [3.05, 3.63) is 57.6 Å². The molecule has 0 saturated heterocycles. The molecule has 0 amide bonds. The van der Waals surface area contributed by atoms with E-state index in [0.29, 0.717) is 0 Å². The number of rotatable bonds is 6. The monoisotopic (exact) mass is 338 g/mol. The molecule has 0 fully saturated rings. The molecule has 2 rings (SSSR count). The molecule has 0 aliphatic carbocycles. The summed E-state index contributed by atoms with van der Waals surface area (Å²) in [6.07, 6.45) is 3.85. The lowest BCUT2D eigenvalue weighted by molar-refractivity contribution is 0.636. The van der Waals surface area contributed by atoms with Crippen molar-refractivity contribution >= 4 is 11.4 Å². The fourth-order valence-corrected chi connectivity index (χ4v) is 3.62. The predicted molar refractivity (Wildman–Crippen MR) is 111 cm³/mol. The van der Waals surface area contributed by atoms with Gasteiger partial charge in [-0.2, -0.15) is 0 Å². The first kappa shape index (κ1) is 19.4. The smallest absolute Gasteiger partial charge is 0.0379 e. The van der Waals surface area contributed by atoms with Crippen LogP contribution >= 0.6 is 0 Å². The van der Waals surface area contributed by atoms with Crippen LogP contribution in [0.3, 0.4) is 0 Å². The van der Waals surface area contributed by atoms with Crippen LogP contribution in [0.1, 0.15) is 74.9 Å². The summed E-state index contributed by atoms with van der Waals surface area (Å²) in [6.45, 7) is 13.3. The van der Waals surface area contributed by atoms with Gasteiger partial charge in [0.1, 0.15) is 0 Å². The number of aryl methyl sites for hydroxylation is 4. The maximum atomic E-state index is 6.35. The molecule has 0 unspecified atom stereocenters. The number of hydrogen-bond donors (Lipinski definition) is 2. The van der Waals surface area contributed by atoms with Crippen LogP contribution < -0.4 is 11.5 Å². The number of anilines is 2. The topological polar surface area (TPSA) is 52.0 Å². The molecule has 4 N–H and O–H groups in total. The Morgan fingerprint density at radius 2 is 0.840 bits per heavy atom. The number of nitrogen functional groups attached to an aromatic ring is 2. The van der Waals surface area contributed by atoms with E-state index in [-0.39, 0.29) is 5.41 Å². The van der Waals surface area contributed by atoms with Gasteiger partial charge in [0.2, 0.25) is 0 Å². The van der Waals surface area contributed by atoms with Crippen LogP contribution in [-0.2, 0) is 31.1 Å². The fourth-order valence-electron chi connectivity index (χ4n) is 3.62. The Balaban J connectivity index is 2.66.